The van der Waals surface area contributed by atoms with E-state index in [1.807, 2.05) is 0 Å². The molecule has 1 aromatic rings. The summed E-state index contributed by atoms with van der Waals surface area (Å²) in [7, 11) is 0. The topological polar surface area (TPSA) is 20.2 Å². The quantitative estimate of drug-likeness (QED) is 0.792. The fourth-order valence-corrected chi connectivity index (χ4v) is 2.99. The van der Waals surface area contributed by atoms with Gasteiger partial charge in [-0.2, -0.15) is 0 Å². The second kappa shape index (κ2) is 5.96. The fraction of sp³-hybridized carbons (Fsp3) is 0.571. The molecule has 1 aromatic carbocycles. The van der Waals surface area contributed by atoms with Crippen LogP contribution < -0.4 is 0 Å². The van der Waals surface area contributed by atoms with Gasteiger partial charge in [0.15, 0.2) is 0 Å². The SMILES string of the molecule is OC(c1ccc(F)c(Br)c1)C1CCCCCC1. The van der Waals surface area contributed by atoms with Crippen LogP contribution in [0.1, 0.15) is 50.2 Å². The zero-order valence-electron chi connectivity index (χ0n) is 9.83. The molecule has 1 aliphatic rings. The third kappa shape index (κ3) is 3.29. The van der Waals surface area contributed by atoms with Crippen LogP contribution in [0.25, 0.3) is 0 Å². The van der Waals surface area contributed by atoms with Gasteiger partial charge in [0, 0.05) is 0 Å². The number of benzene rings is 1. The van der Waals surface area contributed by atoms with Crippen molar-refractivity contribution in [3.05, 3.63) is 34.1 Å². The van der Waals surface area contributed by atoms with Crippen molar-refractivity contribution in [3.63, 3.8) is 0 Å². The highest BCUT2D eigenvalue weighted by Crippen LogP contribution is 2.34. The van der Waals surface area contributed by atoms with E-state index in [9.17, 15) is 9.50 Å². The molecule has 1 saturated carbocycles. The van der Waals surface area contributed by atoms with E-state index in [0.717, 1.165) is 18.4 Å². The second-order valence-electron chi connectivity index (χ2n) is 4.87. The molecule has 1 fully saturated rings. The first-order chi connectivity index (χ1) is 8.18. The van der Waals surface area contributed by atoms with E-state index < -0.39 is 6.10 Å². The molecule has 0 bridgehead atoms. The van der Waals surface area contributed by atoms with Crippen molar-refractivity contribution in [1.82, 2.24) is 0 Å². The molecule has 0 heterocycles. The molecule has 3 heteroatoms. The molecule has 1 atom stereocenters. The largest absolute Gasteiger partial charge is 0.388 e. The van der Waals surface area contributed by atoms with Crippen molar-refractivity contribution in [2.45, 2.75) is 44.6 Å². The Balaban J connectivity index is 2.11. The summed E-state index contributed by atoms with van der Waals surface area (Å²) in [4.78, 5) is 0. The van der Waals surface area contributed by atoms with E-state index in [0.29, 0.717) is 10.4 Å². The Kier molecular flexibility index (Phi) is 4.57. The summed E-state index contributed by atoms with van der Waals surface area (Å²) in [5.41, 5.74) is 0.824. The van der Waals surface area contributed by atoms with Gasteiger partial charge in [0.1, 0.15) is 5.82 Å². The lowest BCUT2D eigenvalue weighted by Gasteiger charge is -2.21. The standard InChI is InChI=1S/C14H18BrFO/c15-12-9-11(7-8-13(12)16)14(17)10-5-3-1-2-4-6-10/h7-10,14,17H,1-6H2. The highest BCUT2D eigenvalue weighted by atomic mass is 79.9. The van der Waals surface area contributed by atoms with Crippen molar-refractivity contribution >= 4 is 15.9 Å². The number of aliphatic hydroxyl groups excluding tert-OH is 1. The Morgan fingerprint density at radius 1 is 1.18 bits per heavy atom. The molecular weight excluding hydrogens is 283 g/mol. The van der Waals surface area contributed by atoms with Crippen molar-refractivity contribution in [2.75, 3.05) is 0 Å². The molecule has 0 radical (unpaired) electrons. The van der Waals surface area contributed by atoms with Crippen LogP contribution in [0.5, 0.6) is 0 Å². The third-order valence-corrected chi connectivity index (χ3v) is 4.24. The summed E-state index contributed by atoms with van der Waals surface area (Å²) in [6.45, 7) is 0. The number of rotatable bonds is 2. The monoisotopic (exact) mass is 300 g/mol. The first-order valence-corrected chi connectivity index (χ1v) is 7.11. The Bertz CT molecular complexity index is 372. The molecule has 0 saturated heterocycles. The Morgan fingerprint density at radius 2 is 1.82 bits per heavy atom. The molecule has 0 amide bonds. The molecule has 1 N–H and O–H groups in total. The van der Waals surface area contributed by atoms with Crippen LogP contribution in [0.3, 0.4) is 0 Å². The van der Waals surface area contributed by atoms with E-state index >= 15 is 0 Å². The maximum Gasteiger partial charge on any atom is 0.137 e. The maximum atomic E-state index is 13.1. The summed E-state index contributed by atoms with van der Waals surface area (Å²) in [6.07, 6.45) is 6.65. The number of hydrogen-bond acceptors (Lipinski definition) is 1. The molecule has 94 valence electrons. The van der Waals surface area contributed by atoms with E-state index in [4.69, 9.17) is 0 Å². The van der Waals surface area contributed by atoms with E-state index in [1.165, 1.54) is 31.7 Å². The minimum absolute atomic E-state index is 0.276. The maximum absolute atomic E-state index is 13.1. The first-order valence-electron chi connectivity index (χ1n) is 6.31. The molecule has 2 rings (SSSR count). The van der Waals surface area contributed by atoms with Crippen molar-refractivity contribution in [3.8, 4) is 0 Å². The van der Waals surface area contributed by atoms with Crippen LogP contribution >= 0.6 is 15.9 Å². The highest BCUT2D eigenvalue weighted by Gasteiger charge is 2.22. The number of hydrogen-bond donors (Lipinski definition) is 1. The van der Waals surface area contributed by atoms with Gasteiger partial charge in [-0.1, -0.05) is 31.7 Å². The predicted octanol–water partition coefficient (Wildman–Crippen LogP) is 4.59. The van der Waals surface area contributed by atoms with Crippen LogP contribution in [0.4, 0.5) is 4.39 Å². The average molecular weight is 301 g/mol. The summed E-state index contributed by atoms with van der Waals surface area (Å²) in [6, 6.07) is 4.81. The van der Waals surface area contributed by atoms with Crippen LogP contribution in [0, 0.1) is 11.7 Å². The third-order valence-electron chi connectivity index (χ3n) is 3.63. The zero-order valence-corrected chi connectivity index (χ0v) is 11.4. The molecule has 0 aliphatic heterocycles. The van der Waals surface area contributed by atoms with E-state index in [-0.39, 0.29) is 5.82 Å². The summed E-state index contributed by atoms with van der Waals surface area (Å²) in [5, 5.41) is 10.3. The highest BCUT2D eigenvalue weighted by molar-refractivity contribution is 9.10. The lowest BCUT2D eigenvalue weighted by Crippen LogP contribution is -2.12. The Hall–Kier alpha value is -0.410. The summed E-state index contributed by atoms with van der Waals surface area (Å²) >= 11 is 3.17. The minimum Gasteiger partial charge on any atom is -0.388 e. The van der Waals surface area contributed by atoms with Crippen LogP contribution in [0.2, 0.25) is 0 Å². The molecule has 1 aliphatic carbocycles. The van der Waals surface area contributed by atoms with Gasteiger partial charge in [-0.05, 0) is 52.4 Å². The first kappa shape index (κ1) is 13.0. The van der Waals surface area contributed by atoms with Gasteiger partial charge in [0.2, 0.25) is 0 Å². The lowest BCUT2D eigenvalue weighted by molar-refractivity contribution is 0.0987. The smallest absolute Gasteiger partial charge is 0.137 e. The van der Waals surface area contributed by atoms with E-state index in [2.05, 4.69) is 15.9 Å². The summed E-state index contributed by atoms with van der Waals surface area (Å²) < 4.78 is 13.6. The van der Waals surface area contributed by atoms with Crippen molar-refractivity contribution < 1.29 is 9.50 Å². The molecular formula is C14H18BrFO. The van der Waals surface area contributed by atoms with Crippen LogP contribution in [-0.4, -0.2) is 5.11 Å². The van der Waals surface area contributed by atoms with Crippen LogP contribution in [-0.2, 0) is 0 Å². The molecule has 0 spiro atoms. The van der Waals surface area contributed by atoms with Crippen LogP contribution in [0.15, 0.2) is 22.7 Å². The Labute approximate surface area is 110 Å². The van der Waals surface area contributed by atoms with Crippen molar-refractivity contribution in [2.24, 2.45) is 5.92 Å². The molecule has 1 nitrogen and oxygen atoms in total. The second-order valence-corrected chi connectivity index (χ2v) is 5.72. The Morgan fingerprint density at radius 3 is 2.41 bits per heavy atom. The normalized spacial score (nSPS) is 19.9. The van der Waals surface area contributed by atoms with Gasteiger partial charge >= 0.3 is 0 Å². The van der Waals surface area contributed by atoms with Gasteiger partial charge in [-0.15, -0.1) is 0 Å². The van der Waals surface area contributed by atoms with Gasteiger partial charge < -0.3 is 5.11 Å². The zero-order chi connectivity index (χ0) is 12.3. The number of aliphatic hydroxyl groups is 1. The van der Waals surface area contributed by atoms with Gasteiger partial charge in [-0.25, -0.2) is 4.39 Å². The minimum atomic E-state index is -0.454. The van der Waals surface area contributed by atoms with E-state index in [1.54, 1.807) is 12.1 Å². The molecule has 0 aromatic heterocycles. The lowest BCUT2D eigenvalue weighted by atomic mass is 9.89. The van der Waals surface area contributed by atoms with Crippen molar-refractivity contribution in [1.29, 1.82) is 0 Å². The molecule has 17 heavy (non-hydrogen) atoms. The fourth-order valence-electron chi connectivity index (χ4n) is 2.60. The van der Waals surface area contributed by atoms with Gasteiger partial charge in [0.25, 0.3) is 0 Å². The van der Waals surface area contributed by atoms with Gasteiger partial charge in [-0.3, -0.25) is 0 Å². The predicted molar refractivity (Wildman–Crippen MR) is 70.3 cm³/mol. The summed E-state index contributed by atoms with van der Waals surface area (Å²) in [5.74, 6) is 0.0525. The number of halogens is 2. The average Bonchev–Trinajstić information content (AvgIpc) is 2.60. The van der Waals surface area contributed by atoms with Gasteiger partial charge in [0.05, 0.1) is 10.6 Å². The molecule has 1 unspecified atom stereocenters.